The van der Waals surface area contributed by atoms with Crippen molar-refractivity contribution in [2.75, 3.05) is 0 Å². The van der Waals surface area contributed by atoms with E-state index in [0.29, 0.717) is 21.9 Å². The van der Waals surface area contributed by atoms with Gasteiger partial charge in [0.1, 0.15) is 23.1 Å². The van der Waals surface area contributed by atoms with Crippen LogP contribution in [0, 0.1) is 6.92 Å². The number of hydrogen-bond acceptors (Lipinski definition) is 6. The summed E-state index contributed by atoms with van der Waals surface area (Å²) in [6.07, 6.45) is 1.44. The van der Waals surface area contributed by atoms with Crippen LogP contribution in [0.15, 0.2) is 30.5 Å². The zero-order valence-electron chi connectivity index (χ0n) is 21.1. The Kier molecular flexibility index (Phi) is 8.21. The zero-order chi connectivity index (χ0) is 25.8. The number of benzene rings is 2. The topological polar surface area (TPSA) is 117 Å². The van der Waals surface area contributed by atoms with Crippen LogP contribution in [0.2, 0.25) is 0 Å². The predicted octanol–water partition coefficient (Wildman–Crippen LogP) is 4.74. The van der Waals surface area contributed by atoms with Gasteiger partial charge in [0.2, 0.25) is 5.91 Å². The summed E-state index contributed by atoms with van der Waals surface area (Å²) in [5.74, 6) is -0.485. The maximum Gasteiger partial charge on any atom is 0.408 e. The van der Waals surface area contributed by atoms with Crippen molar-refractivity contribution < 1.29 is 29.3 Å². The third-order valence-electron chi connectivity index (χ3n) is 4.89. The molecule has 0 aromatic heterocycles. The molecule has 2 rings (SSSR count). The van der Waals surface area contributed by atoms with Gasteiger partial charge in [0.25, 0.3) is 0 Å². The van der Waals surface area contributed by atoms with E-state index in [1.54, 1.807) is 58.9 Å². The summed E-state index contributed by atoms with van der Waals surface area (Å²) in [6.45, 7) is 14.1. The van der Waals surface area contributed by atoms with Gasteiger partial charge in [0.05, 0.1) is 11.7 Å². The van der Waals surface area contributed by atoms with Crippen LogP contribution in [-0.2, 0) is 14.3 Å². The van der Waals surface area contributed by atoms with Crippen LogP contribution in [0.3, 0.4) is 0 Å². The van der Waals surface area contributed by atoms with Crippen molar-refractivity contribution in [3.8, 4) is 11.5 Å². The number of nitrogens with one attached hydrogen (secondary N) is 2. The molecular formula is C26H36N2O6. The smallest absolute Gasteiger partial charge is 0.408 e. The molecule has 0 spiro atoms. The molecule has 0 fully saturated rings. The number of fused-ring (bicyclic) bond motifs is 1. The normalized spacial score (nSPS) is 14.1. The molecule has 0 aliphatic heterocycles. The molecule has 4 N–H and O–H groups in total. The molecule has 186 valence electrons. The third kappa shape index (κ3) is 7.12. The Morgan fingerprint density at radius 1 is 0.971 bits per heavy atom. The molecule has 2 aromatic rings. The summed E-state index contributed by atoms with van der Waals surface area (Å²) in [6, 6.07) is 5.91. The summed E-state index contributed by atoms with van der Waals surface area (Å²) in [5.41, 5.74) is -0.442. The van der Waals surface area contributed by atoms with E-state index in [4.69, 9.17) is 9.47 Å². The summed E-state index contributed by atoms with van der Waals surface area (Å²) in [7, 11) is 0. The largest absolute Gasteiger partial charge is 0.507 e. The van der Waals surface area contributed by atoms with Gasteiger partial charge in [0.15, 0.2) is 0 Å². The Morgan fingerprint density at radius 2 is 1.53 bits per heavy atom. The molecule has 8 nitrogen and oxygen atoms in total. The number of phenols is 2. The fourth-order valence-corrected chi connectivity index (χ4v) is 3.51. The minimum Gasteiger partial charge on any atom is -0.507 e. The average Bonchev–Trinajstić information content (AvgIpc) is 2.70. The number of phenolic OH excluding ortho intramolecular Hbond substituents is 2. The van der Waals surface area contributed by atoms with Crippen LogP contribution in [0.5, 0.6) is 11.5 Å². The number of aromatic hydroxyl groups is 2. The molecule has 2 atom stereocenters. The molecule has 0 bridgehead atoms. The molecule has 0 heterocycles. The lowest BCUT2D eigenvalue weighted by molar-refractivity contribution is -0.130. The molecular weight excluding hydrogens is 436 g/mol. The Bertz CT molecular complexity index is 1080. The first-order valence-corrected chi connectivity index (χ1v) is 11.2. The first kappa shape index (κ1) is 27.0. The summed E-state index contributed by atoms with van der Waals surface area (Å²) in [5, 5.41) is 27.5. The molecule has 0 saturated carbocycles. The highest BCUT2D eigenvalue weighted by Crippen LogP contribution is 2.39. The quantitative estimate of drug-likeness (QED) is 0.451. The molecule has 0 saturated heterocycles. The van der Waals surface area contributed by atoms with Gasteiger partial charge in [-0.05, 0) is 61.5 Å². The molecule has 0 radical (unpaired) electrons. The van der Waals surface area contributed by atoms with E-state index < -0.39 is 35.3 Å². The second-order valence-electron chi connectivity index (χ2n) is 10.2. The number of carbonyl (C=O) groups is 2. The first-order chi connectivity index (χ1) is 15.6. The first-order valence-electron chi connectivity index (χ1n) is 11.2. The van der Waals surface area contributed by atoms with Crippen molar-refractivity contribution >= 4 is 28.8 Å². The number of ether oxygens (including phenoxy) is 2. The highest BCUT2D eigenvalue weighted by molar-refractivity contribution is 5.97. The van der Waals surface area contributed by atoms with Gasteiger partial charge >= 0.3 is 6.09 Å². The molecule has 8 heteroatoms. The predicted molar refractivity (Wildman–Crippen MR) is 133 cm³/mol. The fourth-order valence-electron chi connectivity index (χ4n) is 3.51. The average molecular weight is 473 g/mol. The lowest BCUT2D eigenvalue weighted by atomic mass is 9.98. The fraction of sp³-hybridized carbons (Fsp3) is 0.462. The van der Waals surface area contributed by atoms with Gasteiger partial charge in [0, 0.05) is 28.1 Å². The summed E-state index contributed by atoms with van der Waals surface area (Å²) < 4.78 is 11.2. The van der Waals surface area contributed by atoms with Crippen molar-refractivity contribution in [1.29, 1.82) is 0 Å². The molecule has 0 aliphatic carbocycles. The Balaban J connectivity index is 2.27. The standard InChI is InChI=1S/C26H36N2O6/c1-15-17(22(30)19-12-10-9-11-18(19)21(15)29)13-14-27-23(31)20(16(2)33-25(3,4)5)28-24(32)34-26(6,7)8/h9-14,16,20,29-30H,1-8H3,(H,27,31)(H,28,32). The number of hydrogen-bond donors (Lipinski definition) is 4. The number of carbonyl (C=O) groups excluding carboxylic acids is 2. The van der Waals surface area contributed by atoms with Crippen molar-refractivity contribution in [3.05, 3.63) is 41.6 Å². The number of amides is 2. The molecule has 2 unspecified atom stereocenters. The SMILES string of the molecule is Cc1c(C=CNC(=O)C(NC(=O)OC(C)(C)C)C(C)OC(C)(C)C)c(O)c2ccccc2c1O. The van der Waals surface area contributed by atoms with E-state index in [0.717, 1.165) is 0 Å². The highest BCUT2D eigenvalue weighted by Gasteiger charge is 2.32. The van der Waals surface area contributed by atoms with Gasteiger partial charge in [-0.15, -0.1) is 0 Å². The van der Waals surface area contributed by atoms with Crippen LogP contribution >= 0.6 is 0 Å². The van der Waals surface area contributed by atoms with E-state index >= 15 is 0 Å². The van der Waals surface area contributed by atoms with Crippen LogP contribution in [0.1, 0.15) is 59.6 Å². The van der Waals surface area contributed by atoms with E-state index in [2.05, 4.69) is 10.6 Å². The second kappa shape index (κ2) is 10.3. The zero-order valence-corrected chi connectivity index (χ0v) is 21.1. The maximum atomic E-state index is 13.0. The summed E-state index contributed by atoms with van der Waals surface area (Å²) in [4.78, 5) is 25.3. The Morgan fingerprint density at radius 3 is 2.06 bits per heavy atom. The van der Waals surface area contributed by atoms with Crippen molar-refractivity contribution in [1.82, 2.24) is 10.6 Å². The molecule has 0 aliphatic rings. The van der Waals surface area contributed by atoms with Gasteiger partial charge in [-0.1, -0.05) is 24.3 Å². The molecule has 34 heavy (non-hydrogen) atoms. The Labute approximate surface area is 201 Å². The third-order valence-corrected chi connectivity index (χ3v) is 4.89. The number of alkyl carbamates (subject to hydrolysis) is 1. The lowest BCUT2D eigenvalue weighted by Crippen LogP contribution is -2.54. The van der Waals surface area contributed by atoms with Gasteiger partial charge < -0.3 is 30.3 Å². The summed E-state index contributed by atoms with van der Waals surface area (Å²) >= 11 is 0. The van der Waals surface area contributed by atoms with Crippen LogP contribution in [0.25, 0.3) is 16.8 Å². The number of rotatable bonds is 6. The monoisotopic (exact) mass is 472 g/mol. The van der Waals surface area contributed by atoms with E-state index in [9.17, 15) is 19.8 Å². The minimum atomic E-state index is -1.04. The van der Waals surface area contributed by atoms with E-state index in [1.165, 1.54) is 12.3 Å². The van der Waals surface area contributed by atoms with Crippen molar-refractivity contribution in [2.24, 2.45) is 0 Å². The van der Waals surface area contributed by atoms with Crippen LogP contribution < -0.4 is 10.6 Å². The molecule has 2 aromatic carbocycles. The Hall–Kier alpha value is -3.26. The van der Waals surface area contributed by atoms with Gasteiger partial charge in [-0.3, -0.25) is 4.79 Å². The van der Waals surface area contributed by atoms with E-state index in [1.807, 2.05) is 20.8 Å². The van der Waals surface area contributed by atoms with Gasteiger partial charge in [-0.25, -0.2) is 4.79 Å². The highest BCUT2D eigenvalue weighted by atomic mass is 16.6. The van der Waals surface area contributed by atoms with Crippen LogP contribution in [-0.4, -0.2) is 45.6 Å². The van der Waals surface area contributed by atoms with Crippen molar-refractivity contribution in [3.63, 3.8) is 0 Å². The van der Waals surface area contributed by atoms with E-state index in [-0.39, 0.29) is 11.5 Å². The maximum absolute atomic E-state index is 13.0. The minimum absolute atomic E-state index is 0.00994. The second-order valence-corrected chi connectivity index (χ2v) is 10.2. The van der Waals surface area contributed by atoms with Crippen molar-refractivity contribution in [2.45, 2.75) is 78.7 Å². The molecule has 2 amide bonds. The van der Waals surface area contributed by atoms with Gasteiger partial charge in [-0.2, -0.15) is 0 Å². The van der Waals surface area contributed by atoms with Crippen LogP contribution in [0.4, 0.5) is 4.79 Å². The lowest BCUT2D eigenvalue weighted by Gasteiger charge is -2.31.